The Bertz CT molecular complexity index is 456. The average molecular weight is 392 g/mol. The molecule has 14 heteroatoms. The number of aliphatic hydroxyl groups is 1. The third kappa shape index (κ3) is 3.38. The molecule has 0 aromatic heterocycles. The van der Waals surface area contributed by atoms with E-state index in [0.717, 1.165) is 0 Å². The first-order valence-electron chi connectivity index (χ1n) is 5.64. The molecule has 0 spiro atoms. The van der Waals surface area contributed by atoms with E-state index in [4.69, 9.17) is 5.11 Å². The minimum Gasteiger partial charge on any atom is -0.390 e. The highest BCUT2D eigenvalue weighted by atomic mass is 19.4. The van der Waals surface area contributed by atoms with E-state index in [2.05, 4.69) is 0 Å². The number of hydrogen-bond donors (Lipinski definition) is 1. The smallest absolute Gasteiger partial charge is 0.390 e. The van der Waals surface area contributed by atoms with E-state index >= 15 is 0 Å². The first-order valence-corrected chi connectivity index (χ1v) is 5.64. The van der Waals surface area contributed by atoms with Crippen molar-refractivity contribution in [1.82, 2.24) is 0 Å². The van der Waals surface area contributed by atoms with Gasteiger partial charge in [0, 0.05) is 6.42 Å². The van der Waals surface area contributed by atoms with Gasteiger partial charge in [0.05, 0.1) is 5.60 Å². The molecule has 0 fully saturated rings. The molecule has 0 bridgehead atoms. The molecule has 0 heterocycles. The van der Waals surface area contributed by atoms with Crippen LogP contribution in [0.3, 0.4) is 0 Å². The fourth-order valence-corrected chi connectivity index (χ4v) is 1.46. The van der Waals surface area contributed by atoms with Crippen LogP contribution in [0.25, 0.3) is 0 Å². The average Bonchev–Trinajstić information content (AvgIpc) is 2.22. The van der Waals surface area contributed by atoms with Gasteiger partial charge < -0.3 is 5.11 Å². The van der Waals surface area contributed by atoms with E-state index in [0.29, 0.717) is 13.8 Å². The summed E-state index contributed by atoms with van der Waals surface area (Å²) in [5.41, 5.74) is -2.87. The van der Waals surface area contributed by atoms with Crippen molar-refractivity contribution in [2.75, 3.05) is 0 Å². The van der Waals surface area contributed by atoms with Crippen LogP contribution in [-0.4, -0.2) is 46.5 Å². The predicted octanol–water partition coefficient (Wildman–Crippen LogP) is 4.89. The lowest BCUT2D eigenvalue weighted by Gasteiger charge is -2.40. The Hall–Kier alpha value is -0.950. The van der Waals surface area contributed by atoms with Gasteiger partial charge >= 0.3 is 35.8 Å². The maximum atomic E-state index is 13.2. The summed E-state index contributed by atoms with van der Waals surface area (Å²) in [6.07, 6.45) is -10.1. The highest BCUT2D eigenvalue weighted by molar-refractivity contribution is 5.10. The van der Waals surface area contributed by atoms with Crippen LogP contribution in [0.15, 0.2) is 0 Å². The molecule has 0 saturated carbocycles. The van der Waals surface area contributed by atoms with Gasteiger partial charge in [-0.3, -0.25) is 0 Å². The summed E-state index contributed by atoms with van der Waals surface area (Å²) in [6.45, 7) is 0.717. The van der Waals surface area contributed by atoms with Gasteiger partial charge in [0.15, 0.2) is 0 Å². The zero-order valence-corrected chi connectivity index (χ0v) is 11.6. The molecule has 24 heavy (non-hydrogen) atoms. The minimum atomic E-state index is -7.91. The Morgan fingerprint density at radius 3 is 1.08 bits per heavy atom. The van der Waals surface area contributed by atoms with E-state index in [1.807, 2.05) is 0 Å². The number of halogens is 13. The molecule has 0 aliphatic heterocycles. The molecule has 0 aromatic rings. The van der Waals surface area contributed by atoms with Crippen LogP contribution in [0.2, 0.25) is 0 Å². The Balaban J connectivity index is 6.21. The molecule has 0 saturated heterocycles. The molecule has 0 aliphatic carbocycles. The Morgan fingerprint density at radius 2 is 0.833 bits per heavy atom. The Labute approximate surface area is 125 Å². The molecular weight excluding hydrogens is 383 g/mol. The normalized spacial score (nSPS) is 16.5. The van der Waals surface area contributed by atoms with Gasteiger partial charge in [0.2, 0.25) is 0 Å². The van der Waals surface area contributed by atoms with Crippen LogP contribution < -0.4 is 0 Å². The Morgan fingerprint density at radius 1 is 0.542 bits per heavy atom. The fourth-order valence-electron chi connectivity index (χ4n) is 1.46. The van der Waals surface area contributed by atoms with Crippen LogP contribution in [0.1, 0.15) is 20.3 Å². The first kappa shape index (κ1) is 23.1. The van der Waals surface area contributed by atoms with Crippen molar-refractivity contribution in [3.63, 3.8) is 0 Å². The van der Waals surface area contributed by atoms with Gasteiger partial charge in [-0.15, -0.1) is 0 Å². The summed E-state index contributed by atoms with van der Waals surface area (Å²) in [6, 6.07) is 0. The van der Waals surface area contributed by atoms with Crippen LogP contribution in [0.4, 0.5) is 57.1 Å². The van der Waals surface area contributed by atoms with Crippen LogP contribution >= 0.6 is 0 Å². The van der Waals surface area contributed by atoms with Crippen molar-refractivity contribution >= 4 is 0 Å². The van der Waals surface area contributed by atoms with Crippen LogP contribution in [0.5, 0.6) is 0 Å². The second-order valence-corrected chi connectivity index (χ2v) is 5.49. The quantitative estimate of drug-likeness (QED) is 0.639. The molecule has 1 N–H and O–H groups in total. The summed E-state index contributed by atoms with van der Waals surface area (Å²) in [5, 5.41) is 8.90. The molecule has 0 aliphatic rings. The van der Waals surface area contributed by atoms with Crippen molar-refractivity contribution in [3.05, 3.63) is 0 Å². The second kappa shape index (κ2) is 5.53. The summed E-state index contributed by atoms with van der Waals surface area (Å²) in [7, 11) is 0. The molecule has 0 atom stereocenters. The molecule has 0 unspecified atom stereocenters. The van der Waals surface area contributed by atoms with Gasteiger partial charge in [-0.2, -0.15) is 57.1 Å². The van der Waals surface area contributed by atoms with Gasteiger partial charge in [-0.05, 0) is 13.8 Å². The molecular formula is C10H9F13O. The van der Waals surface area contributed by atoms with Crippen molar-refractivity contribution in [1.29, 1.82) is 0 Å². The van der Waals surface area contributed by atoms with E-state index in [-0.39, 0.29) is 0 Å². The zero-order valence-electron chi connectivity index (χ0n) is 11.6. The number of alkyl halides is 13. The lowest BCUT2D eigenvalue weighted by molar-refractivity contribution is -0.441. The molecule has 1 nitrogen and oxygen atoms in total. The van der Waals surface area contributed by atoms with Crippen molar-refractivity contribution in [2.45, 2.75) is 61.7 Å². The molecule has 0 amide bonds. The first-order chi connectivity index (χ1) is 9.96. The van der Waals surface area contributed by atoms with E-state index in [1.165, 1.54) is 0 Å². The van der Waals surface area contributed by atoms with E-state index < -0.39 is 47.8 Å². The van der Waals surface area contributed by atoms with Gasteiger partial charge in [0.1, 0.15) is 0 Å². The van der Waals surface area contributed by atoms with Crippen molar-refractivity contribution < 1.29 is 62.2 Å². The molecule has 0 radical (unpaired) electrons. The fraction of sp³-hybridized carbons (Fsp3) is 1.00. The summed E-state index contributed by atoms with van der Waals surface area (Å²) >= 11 is 0. The highest BCUT2D eigenvalue weighted by Crippen LogP contribution is 2.61. The van der Waals surface area contributed by atoms with Gasteiger partial charge in [-0.1, -0.05) is 0 Å². The van der Waals surface area contributed by atoms with Crippen LogP contribution in [-0.2, 0) is 0 Å². The molecule has 146 valence electrons. The summed E-state index contributed by atoms with van der Waals surface area (Å²) < 4.78 is 165. The van der Waals surface area contributed by atoms with Gasteiger partial charge in [-0.25, -0.2) is 0 Å². The lowest BCUT2D eigenvalue weighted by atomic mass is 9.88. The predicted molar refractivity (Wildman–Crippen MR) is 51.7 cm³/mol. The SMILES string of the molecule is CC(C)(O)CC(F)(F)C(F)(F)C(F)(F)C(F)(F)C(F)(F)C(F)(F)F. The second-order valence-electron chi connectivity index (χ2n) is 5.49. The number of rotatable bonds is 6. The molecule has 0 aromatic carbocycles. The monoisotopic (exact) mass is 392 g/mol. The lowest BCUT2D eigenvalue weighted by Crippen LogP contribution is -2.70. The van der Waals surface area contributed by atoms with Gasteiger partial charge in [0.25, 0.3) is 0 Å². The van der Waals surface area contributed by atoms with E-state index in [1.54, 1.807) is 0 Å². The van der Waals surface area contributed by atoms with Crippen molar-refractivity contribution in [2.24, 2.45) is 0 Å². The minimum absolute atomic E-state index is 0.359. The molecule has 0 rings (SSSR count). The third-order valence-corrected chi connectivity index (χ3v) is 2.65. The maximum absolute atomic E-state index is 13.2. The topological polar surface area (TPSA) is 20.2 Å². The number of hydrogen-bond acceptors (Lipinski definition) is 1. The largest absolute Gasteiger partial charge is 0.460 e. The van der Waals surface area contributed by atoms with Crippen LogP contribution in [0, 0.1) is 0 Å². The highest BCUT2D eigenvalue weighted by Gasteiger charge is 2.90. The third-order valence-electron chi connectivity index (χ3n) is 2.65. The van der Waals surface area contributed by atoms with E-state index in [9.17, 15) is 57.1 Å². The standard InChI is InChI=1S/C10H9F13O/c1-4(2,24)3-5(11,12)6(13,14)7(15,16)8(17,18)9(19,20)10(21,22)23/h24H,3H2,1-2H3. The summed E-state index contributed by atoms with van der Waals surface area (Å²) in [4.78, 5) is 0. The Kier molecular flexibility index (Phi) is 5.31. The zero-order chi connectivity index (χ0) is 20.2. The van der Waals surface area contributed by atoms with Crippen molar-refractivity contribution in [3.8, 4) is 0 Å². The maximum Gasteiger partial charge on any atom is 0.460 e. The summed E-state index contributed by atoms with van der Waals surface area (Å²) in [5.74, 6) is -37.1.